The van der Waals surface area contributed by atoms with E-state index >= 15 is 0 Å². The molecule has 0 radical (unpaired) electrons. The van der Waals surface area contributed by atoms with Crippen molar-refractivity contribution in [1.29, 1.82) is 0 Å². The van der Waals surface area contributed by atoms with Gasteiger partial charge in [-0.15, -0.1) is 0 Å². The molecule has 116 valence electrons. The second-order valence-corrected chi connectivity index (χ2v) is 5.82. The molecule has 1 unspecified atom stereocenters. The Bertz CT molecular complexity index is 484. The summed E-state index contributed by atoms with van der Waals surface area (Å²) in [5.41, 5.74) is 3.35. The highest BCUT2D eigenvalue weighted by Crippen LogP contribution is 2.24. The molecule has 1 aliphatic rings. The van der Waals surface area contributed by atoms with Gasteiger partial charge >= 0.3 is 0 Å². The first-order valence-corrected chi connectivity index (χ1v) is 8.36. The van der Waals surface area contributed by atoms with E-state index in [1.807, 2.05) is 6.07 Å². The van der Waals surface area contributed by atoms with Crippen molar-refractivity contribution in [1.82, 2.24) is 4.90 Å². The maximum atomic E-state index is 12.9. The number of likely N-dealkylation sites (N-methyl/N-ethyl adjacent to an activating group) is 1. The fourth-order valence-corrected chi connectivity index (χ4v) is 3.16. The summed E-state index contributed by atoms with van der Waals surface area (Å²) in [6, 6.07) is 6.16. The molecule has 0 spiro atoms. The predicted octanol–water partition coefficient (Wildman–Crippen LogP) is 3.74. The van der Waals surface area contributed by atoms with Crippen LogP contribution < -0.4 is 5.32 Å². The number of carbonyl (C=O) groups is 1. The van der Waals surface area contributed by atoms with Gasteiger partial charge in [-0.25, -0.2) is 0 Å². The number of ketones is 1. The standard InChI is InChI=1S/C18H28N2O/c1-4-7-12-20(6-3)17(5-2)18(21)15-8-9-16-14(13-15)10-11-19-16/h8-9,13,17,19H,4-7,10-12H2,1-3H3. The minimum absolute atomic E-state index is 0.0222. The molecule has 21 heavy (non-hydrogen) atoms. The van der Waals surface area contributed by atoms with Crippen LogP contribution in [0, 0.1) is 0 Å². The number of fused-ring (bicyclic) bond motifs is 1. The van der Waals surface area contributed by atoms with Crippen LogP contribution in [0.1, 0.15) is 56.0 Å². The Kier molecular flexibility index (Phi) is 5.80. The molecule has 1 N–H and O–H groups in total. The number of hydrogen-bond donors (Lipinski definition) is 1. The first-order chi connectivity index (χ1) is 10.2. The van der Waals surface area contributed by atoms with Crippen LogP contribution in [-0.4, -0.2) is 36.4 Å². The largest absolute Gasteiger partial charge is 0.384 e. The van der Waals surface area contributed by atoms with Crippen LogP contribution >= 0.6 is 0 Å². The van der Waals surface area contributed by atoms with Gasteiger partial charge in [-0.3, -0.25) is 9.69 Å². The van der Waals surface area contributed by atoms with E-state index < -0.39 is 0 Å². The summed E-state index contributed by atoms with van der Waals surface area (Å²) in [6.45, 7) is 9.41. The summed E-state index contributed by atoms with van der Waals surface area (Å²) in [4.78, 5) is 15.2. The van der Waals surface area contributed by atoms with E-state index in [1.165, 1.54) is 17.7 Å². The zero-order chi connectivity index (χ0) is 15.2. The fourth-order valence-electron chi connectivity index (χ4n) is 3.16. The smallest absolute Gasteiger partial charge is 0.179 e. The lowest BCUT2D eigenvalue weighted by molar-refractivity contribution is 0.0816. The zero-order valence-electron chi connectivity index (χ0n) is 13.6. The van der Waals surface area contributed by atoms with Crippen molar-refractivity contribution in [3.63, 3.8) is 0 Å². The van der Waals surface area contributed by atoms with Crippen LogP contribution in [0.3, 0.4) is 0 Å². The van der Waals surface area contributed by atoms with Crippen LogP contribution in [0.5, 0.6) is 0 Å². The number of hydrogen-bond acceptors (Lipinski definition) is 3. The molecule has 0 aliphatic carbocycles. The first-order valence-electron chi connectivity index (χ1n) is 8.36. The summed E-state index contributed by atoms with van der Waals surface area (Å²) in [5.74, 6) is 0.283. The van der Waals surface area contributed by atoms with Gasteiger partial charge in [-0.05, 0) is 56.1 Å². The lowest BCUT2D eigenvalue weighted by Gasteiger charge is -2.29. The van der Waals surface area contributed by atoms with Gasteiger partial charge in [0.05, 0.1) is 6.04 Å². The molecule has 1 aromatic carbocycles. The maximum absolute atomic E-state index is 12.9. The Morgan fingerprint density at radius 1 is 1.33 bits per heavy atom. The van der Waals surface area contributed by atoms with Crippen molar-refractivity contribution in [2.75, 3.05) is 25.0 Å². The van der Waals surface area contributed by atoms with Crippen LogP contribution in [0.25, 0.3) is 0 Å². The number of nitrogens with one attached hydrogen (secondary N) is 1. The van der Waals surface area contributed by atoms with Gasteiger partial charge in [0.1, 0.15) is 0 Å². The maximum Gasteiger partial charge on any atom is 0.179 e. The number of nitrogens with zero attached hydrogens (tertiary/aromatic N) is 1. The molecule has 0 saturated heterocycles. The van der Waals surface area contributed by atoms with Crippen molar-refractivity contribution in [3.8, 4) is 0 Å². The molecule has 1 aliphatic heterocycles. The highest BCUT2D eigenvalue weighted by molar-refractivity contribution is 6.00. The van der Waals surface area contributed by atoms with Crippen molar-refractivity contribution >= 4 is 11.5 Å². The van der Waals surface area contributed by atoms with Gasteiger partial charge in [0.25, 0.3) is 0 Å². The molecule has 3 nitrogen and oxygen atoms in total. The Morgan fingerprint density at radius 3 is 2.81 bits per heavy atom. The molecular weight excluding hydrogens is 260 g/mol. The van der Waals surface area contributed by atoms with Crippen LogP contribution in [0.15, 0.2) is 18.2 Å². The monoisotopic (exact) mass is 288 g/mol. The van der Waals surface area contributed by atoms with Crippen LogP contribution in [0.4, 0.5) is 5.69 Å². The second kappa shape index (κ2) is 7.60. The van der Waals surface area contributed by atoms with E-state index in [4.69, 9.17) is 0 Å². The van der Waals surface area contributed by atoms with Crippen molar-refractivity contribution in [3.05, 3.63) is 29.3 Å². The van der Waals surface area contributed by atoms with E-state index in [9.17, 15) is 4.79 Å². The SMILES string of the molecule is CCCCN(CC)C(CC)C(=O)c1ccc2c(c1)CCN2. The summed E-state index contributed by atoms with van der Waals surface area (Å²) < 4.78 is 0. The minimum atomic E-state index is 0.0222. The third-order valence-electron chi connectivity index (χ3n) is 4.43. The number of benzene rings is 1. The van der Waals surface area contributed by atoms with Gasteiger partial charge in [0.2, 0.25) is 0 Å². The molecule has 1 aromatic rings. The zero-order valence-corrected chi connectivity index (χ0v) is 13.6. The van der Waals surface area contributed by atoms with Gasteiger partial charge < -0.3 is 5.32 Å². The third-order valence-corrected chi connectivity index (χ3v) is 4.43. The lowest BCUT2D eigenvalue weighted by Crippen LogP contribution is -2.41. The van der Waals surface area contributed by atoms with E-state index in [0.29, 0.717) is 0 Å². The number of rotatable bonds is 8. The van der Waals surface area contributed by atoms with Gasteiger partial charge in [0.15, 0.2) is 5.78 Å². The van der Waals surface area contributed by atoms with Crippen molar-refractivity contribution in [2.45, 2.75) is 52.5 Å². The Balaban J connectivity index is 2.15. The van der Waals surface area contributed by atoms with Crippen molar-refractivity contribution in [2.24, 2.45) is 0 Å². The number of carbonyl (C=O) groups excluding carboxylic acids is 1. The normalized spacial score (nSPS) is 14.9. The number of unbranched alkanes of at least 4 members (excludes halogenated alkanes) is 1. The molecule has 2 rings (SSSR count). The van der Waals surface area contributed by atoms with E-state index in [1.54, 1.807) is 0 Å². The fraction of sp³-hybridized carbons (Fsp3) is 0.611. The van der Waals surface area contributed by atoms with Gasteiger partial charge in [0, 0.05) is 17.8 Å². The number of anilines is 1. The minimum Gasteiger partial charge on any atom is -0.384 e. The van der Waals surface area contributed by atoms with E-state index in [-0.39, 0.29) is 11.8 Å². The summed E-state index contributed by atoms with van der Waals surface area (Å²) in [5, 5.41) is 3.35. The van der Waals surface area contributed by atoms with E-state index in [2.05, 4.69) is 43.1 Å². The van der Waals surface area contributed by atoms with Crippen LogP contribution in [-0.2, 0) is 6.42 Å². The molecule has 1 heterocycles. The Morgan fingerprint density at radius 2 is 2.14 bits per heavy atom. The highest BCUT2D eigenvalue weighted by atomic mass is 16.1. The number of Topliss-reactive ketones (excluding diaryl/α,β-unsaturated/α-hetero) is 1. The summed E-state index contributed by atoms with van der Waals surface area (Å²) in [7, 11) is 0. The third kappa shape index (κ3) is 3.65. The van der Waals surface area contributed by atoms with E-state index in [0.717, 1.165) is 44.5 Å². The predicted molar refractivity (Wildman–Crippen MR) is 89.2 cm³/mol. The molecule has 0 aromatic heterocycles. The second-order valence-electron chi connectivity index (χ2n) is 5.82. The Hall–Kier alpha value is -1.35. The molecule has 0 amide bonds. The molecule has 0 saturated carbocycles. The van der Waals surface area contributed by atoms with Crippen LogP contribution in [0.2, 0.25) is 0 Å². The topological polar surface area (TPSA) is 32.3 Å². The molecule has 1 atom stereocenters. The summed E-state index contributed by atoms with van der Waals surface area (Å²) >= 11 is 0. The molecule has 0 bridgehead atoms. The quantitative estimate of drug-likeness (QED) is 0.740. The molecule has 0 fully saturated rings. The average Bonchev–Trinajstić information content (AvgIpc) is 2.98. The Labute approximate surface area is 128 Å². The lowest BCUT2D eigenvalue weighted by atomic mass is 9.98. The van der Waals surface area contributed by atoms with Gasteiger partial charge in [-0.1, -0.05) is 27.2 Å². The first kappa shape index (κ1) is 16.0. The van der Waals surface area contributed by atoms with Crippen molar-refractivity contribution < 1.29 is 4.79 Å². The average molecular weight is 288 g/mol. The van der Waals surface area contributed by atoms with Gasteiger partial charge in [-0.2, -0.15) is 0 Å². The highest BCUT2D eigenvalue weighted by Gasteiger charge is 2.24. The molecule has 3 heteroatoms. The summed E-state index contributed by atoms with van der Waals surface area (Å²) in [6.07, 6.45) is 4.24. The molecular formula is C18H28N2O.